The number of rotatable bonds is 6. The van der Waals surface area contributed by atoms with Gasteiger partial charge in [0.2, 0.25) is 0 Å². The van der Waals surface area contributed by atoms with Gasteiger partial charge in [0, 0.05) is 10.9 Å². The zero-order valence-electron chi connectivity index (χ0n) is 14.4. The van der Waals surface area contributed by atoms with Crippen LogP contribution in [0.15, 0.2) is 42.5 Å². The maximum absolute atomic E-state index is 13.4. The average molecular weight is 403 g/mol. The fraction of sp³-hybridized carbons (Fsp3) is 0.364. The summed E-state index contributed by atoms with van der Waals surface area (Å²) >= 11 is 3.49. The molecular formula is C22H24BrFO. The maximum Gasteiger partial charge on any atom is 0.123 e. The molecule has 1 N–H and O–H groups in total. The Bertz CT molecular complexity index is 749. The largest absolute Gasteiger partial charge is 0.507 e. The summed E-state index contributed by atoms with van der Waals surface area (Å²) in [5.41, 5.74) is 5.82. The number of aromatic hydroxyl groups is 1. The number of fused-ring (bicyclic) bond motifs is 1. The van der Waals surface area contributed by atoms with Gasteiger partial charge in [0.1, 0.15) is 11.6 Å². The van der Waals surface area contributed by atoms with E-state index < -0.39 is 0 Å². The van der Waals surface area contributed by atoms with Crippen molar-refractivity contribution in [2.24, 2.45) is 0 Å². The third kappa shape index (κ3) is 4.33. The third-order valence-corrected chi connectivity index (χ3v) is 5.48. The second kappa shape index (κ2) is 8.66. The van der Waals surface area contributed by atoms with E-state index in [9.17, 15) is 9.50 Å². The zero-order chi connectivity index (χ0) is 17.6. The normalized spacial score (nSPS) is 14.3. The van der Waals surface area contributed by atoms with E-state index in [1.165, 1.54) is 28.8 Å². The molecule has 2 aromatic carbocycles. The summed E-state index contributed by atoms with van der Waals surface area (Å²) in [7, 11) is 0. The topological polar surface area (TPSA) is 20.2 Å². The van der Waals surface area contributed by atoms with Crippen LogP contribution in [-0.4, -0.2) is 10.4 Å². The highest BCUT2D eigenvalue weighted by atomic mass is 79.9. The standard InChI is InChI=1S/C22H24BrFO/c23-15-3-1-2-8-20-19(16-11-13-18(24)14-12-16)9-4-6-17-7-5-10-21(25)22(17)20/h5,7,10-14,25H,1-4,6,8-9,15H2. The molecular weight excluding hydrogens is 379 g/mol. The van der Waals surface area contributed by atoms with E-state index in [-0.39, 0.29) is 5.82 Å². The summed E-state index contributed by atoms with van der Waals surface area (Å²) in [4.78, 5) is 0. The highest BCUT2D eigenvalue weighted by molar-refractivity contribution is 9.09. The smallest absolute Gasteiger partial charge is 0.123 e. The molecule has 0 saturated heterocycles. The minimum Gasteiger partial charge on any atom is -0.507 e. The van der Waals surface area contributed by atoms with E-state index in [0.29, 0.717) is 5.75 Å². The fourth-order valence-corrected chi connectivity index (χ4v) is 4.12. The number of unbranched alkanes of at least 4 members (excludes halogenated alkanes) is 2. The maximum atomic E-state index is 13.4. The molecule has 0 fully saturated rings. The van der Waals surface area contributed by atoms with Gasteiger partial charge in [-0.2, -0.15) is 0 Å². The molecule has 132 valence electrons. The van der Waals surface area contributed by atoms with Gasteiger partial charge in [-0.3, -0.25) is 0 Å². The van der Waals surface area contributed by atoms with Crippen molar-refractivity contribution in [1.82, 2.24) is 0 Å². The Morgan fingerprint density at radius 2 is 1.76 bits per heavy atom. The number of phenolic OH excluding ortho intramolecular Hbond substituents is 1. The molecule has 0 aliphatic heterocycles. The average Bonchev–Trinajstić information content (AvgIpc) is 2.80. The van der Waals surface area contributed by atoms with E-state index in [1.54, 1.807) is 6.07 Å². The fourth-order valence-electron chi connectivity index (χ4n) is 3.72. The van der Waals surface area contributed by atoms with Crippen molar-refractivity contribution in [3.05, 3.63) is 65.0 Å². The minimum atomic E-state index is -0.208. The molecule has 0 aromatic heterocycles. The van der Waals surface area contributed by atoms with Gasteiger partial charge in [-0.05, 0) is 79.0 Å². The highest BCUT2D eigenvalue weighted by Crippen LogP contribution is 2.42. The molecule has 1 aliphatic rings. The Morgan fingerprint density at radius 1 is 0.960 bits per heavy atom. The SMILES string of the molecule is Oc1cccc2c1C(CCCCCBr)=C(c1ccc(F)cc1)CCC2. The van der Waals surface area contributed by atoms with Gasteiger partial charge in [0.05, 0.1) is 0 Å². The van der Waals surface area contributed by atoms with Crippen molar-refractivity contribution in [2.45, 2.75) is 44.9 Å². The first kappa shape index (κ1) is 18.2. The first-order chi connectivity index (χ1) is 12.2. The number of hydrogen-bond donors (Lipinski definition) is 1. The molecule has 0 radical (unpaired) electrons. The van der Waals surface area contributed by atoms with E-state index in [2.05, 4.69) is 22.0 Å². The van der Waals surface area contributed by atoms with Crippen LogP contribution in [0.25, 0.3) is 11.1 Å². The van der Waals surface area contributed by atoms with Crippen molar-refractivity contribution < 1.29 is 9.50 Å². The van der Waals surface area contributed by atoms with Gasteiger partial charge in [0.25, 0.3) is 0 Å². The van der Waals surface area contributed by atoms with Crippen LogP contribution in [0.2, 0.25) is 0 Å². The third-order valence-electron chi connectivity index (χ3n) is 4.92. The van der Waals surface area contributed by atoms with Crippen molar-refractivity contribution in [1.29, 1.82) is 0 Å². The number of hydrogen-bond acceptors (Lipinski definition) is 1. The summed E-state index contributed by atoms with van der Waals surface area (Å²) in [6.07, 6.45) is 7.35. The molecule has 1 aliphatic carbocycles. The molecule has 0 spiro atoms. The summed E-state index contributed by atoms with van der Waals surface area (Å²) < 4.78 is 13.4. The summed E-state index contributed by atoms with van der Waals surface area (Å²) in [6.45, 7) is 0. The lowest BCUT2D eigenvalue weighted by Gasteiger charge is -2.17. The predicted octanol–water partition coefficient (Wildman–Crippen LogP) is 6.73. The number of benzene rings is 2. The summed E-state index contributed by atoms with van der Waals surface area (Å²) in [6, 6.07) is 12.6. The number of aryl methyl sites for hydroxylation is 1. The molecule has 3 heteroatoms. The zero-order valence-corrected chi connectivity index (χ0v) is 16.0. The van der Waals surface area contributed by atoms with Crippen LogP contribution in [-0.2, 0) is 6.42 Å². The van der Waals surface area contributed by atoms with Crippen molar-refractivity contribution >= 4 is 27.1 Å². The Morgan fingerprint density at radius 3 is 2.52 bits per heavy atom. The monoisotopic (exact) mass is 402 g/mol. The number of phenols is 1. The Hall–Kier alpha value is -1.61. The second-order valence-corrected chi connectivity index (χ2v) is 7.42. The highest BCUT2D eigenvalue weighted by Gasteiger charge is 2.21. The van der Waals surface area contributed by atoms with Crippen molar-refractivity contribution in [3.8, 4) is 5.75 Å². The minimum absolute atomic E-state index is 0.208. The first-order valence-corrected chi connectivity index (χ1v) is 10.2. The predicted molar refractivity (Wildman–Crippen MR) is 107 cm³/mol. The Kier molecular flexibility index (Phi) is 6.30. The van der Waals surface area contributed by atoms with E-state index in [0.717, 1.165) is 61.4 Å². The Balaban J connectivity index is 2.06. The quantitative estimate of drug-likeness (QED) is 0.419. The van der Waals surface area contributed by atoms with Gasteiger partial charge in [-0.25, -0.2) is 4.39 Å². The molecule has 1 nitrogen and oxygen atoms in total. The van der Waals surface area contributed by atoms with Crippen LogP contribution in [0.5, 0.6) is 5.75 Å². The Labute approximate surface area is 157 Å². The van der Waals surface area contributed by atoms with Crippen LogP contribution in [0.4, 0.5) is 4.39 Å². The van der Waals surface area contributed by atoms with Crippen molar-refractivity contribution in [2.75, 3.05) is 5.33 Å². The van der Waals surface area contributed by atoms with Crippen LogP contribution in [0, 0.1) is 5.82 Å². The second-order valence-electron chi connectivity index (χ2n) is 6.63. The number of allylic oxidation sites excluding steroid dienone is 2. The molecule has 0 amide bonds. The van der Waals surface area contributed by atoms with Crippen molar-refractivity contribution in [3.63, 3.8) is 0 Å². The van der Waals surface area contributed by atoms with Gasteiger partial charge in [-0.1, -0.05) is 46.6 Å². The molecule has 25 heavy (non-hydrogen) atoms. The lowest BCUT2D eigenvalue weighted by molar-refractivity contribution is 0.472. The molecule has 0 saturated carbocycles. The van der Waals surface area contributed by atoms with E-state index in [4.69, 9.17) is 0 Å². The van der Waals surface area contributed by atoms with Gasteiger partial charge >= 0.3 is 0 Å². The van der Waals surface area contributed by atoms with Crippen LogP contribution in [0.3, 0.4) is 0 Å². The van der Waals surface area contributed by atoms with Gasteiger partial charge in [0.15, 0.2) is 0 Å². The summed E-state index contributed by atoms with van der Waals surface area (Å²) in [5.74, 6) is 0.162. The van der Waals surface area contributed by atoms with E-state index >= 15 is 0 Å². The molecule has 0 atom stereocenters. The molecule has 0 heterocycles. The molecule has 2 aromatic rings. The molecule has 3 rings (SSSR count). The molecule has 0 bridgehead atoms. The van der Waals surface area contributed by atoms with Crippen LogP contribution in [0.1, 0.15) is 55.2 Å². The van der Waals surface area contributed by atoms with Crippen LogP contribution >= 0.6 is 15.9 Å². The number of alkyl halides is 1. The van der Waals surface area contributed by atoms with Gasteiger partial charge < -0.3 is 5.11 Å². The van der Waals surface area contributed by atoms with Crippen LogP contribution < -0.4 is 0 Å². The summed E-state index contributed by atoms with van der Waals surface area (Å²) in [5, 5.41) is 11.6. The lowest BCUT2D eigenvalue weighted by Crippen LogP contribution is -1.96. The first-order valence-electron chi connectivity index (χ1n) is 9.06. The number of halogens is 2. The van der Waals surface area contributed by atoms with E-state index in [1.807, 2.05) is 18.2 Å². The molecule has 0 unspecified atom stereocenters. The van der Waals surface area contributed by atoms with Gasteiger partial charge in [-0.15, -0.1) is 0 Å². The lowest BCUT2D eigenvalue weighted by atomic mass is 9.88.